The number of alkyl halides is 2. The Hall–Kier alpha value is -3.26. The van der Waals surface area contributed by atoms with Crippen LogP contribution in [0.25, 0.3) is 10.9 Å². The summed E-state index contributed by atoms with van der Waals surface area (Å²) in [6.07, 6.45) is 2.43. The van der Waals surface area contributed by atoms with E-state index in [9.17, 15) is 18.4 Å². The van der Waals surface area contributed by atoms with Gasteiger partial charge in [0.1, 0.15) is 11.3 Å². The summed E-state index contributed by atoms with van der Waals surface area (Å²) < 4.78 is 28.9. The smallest absolute Gasteiger partial charge is 0.387 e. The normalized spacial score (nSPS) is 18.5. The Kier molecular flexibility index (Phi) is 5.97. The Bertz CT molecular complexity index is 1170. The summed E-state index contributed by atoms with van der Waals surface area (Å²) in [5.74, 6) is -0.295. The van der Waals surface area contributed by atoms with Crippen molar-refractivity contribution in [1.82, 2.24) is 15.2 Å². The number of benzene rings is 2. The first-order chi connectivity index (χ1) is 15.3. The Morgan fingerprint density at radius 1 is 1.16 bits per heavy atom. The van der Waals surface area contributed by atoms with E-state index in [1.165, 1.54) is 12.1 Å². The number of rotatable bonds is 7. The molecular formula is C23H20ClF2N3O3. The van der Waals surface area contributed by atoms with Gasteiger partial charge in [-0.05, 0) is 49.6 Å². The van der Waals surface area contributed by atoms with Crippen molar-refractivity contribution in [3.8, 4) is 5.75 Å². The second-order valence-corrected chi connectivity index (χ2v) is 8.18. The monoisotopic (exact) mass is 459 g/mol. The third-order valence-corrected chi connectivity index (χ3v) is 5.90. The number of aromatic nitrogens is 1. The highest BCUT2D eigenvalue weighted by Gasteiger charge is 2.47. The average Bonchev–Trinajstić information content (AvgIpc) is 2.98. The number of ether oxygens (including phenoxy) is 1. The maximum atomic E-state index is 13.2. The molecule has 9 heteroatoms. The molecule has 0 aliphatic carbocycles. The van der Waals surface area contributed by atoms with Crippen LogP contribution in [0.2, 0.25) is 5.02 Å². The van der Waals surface area contributed by atoms with Crippen LogP contribution < -0.4 is 10.1 Å². The van der Waals surface area contributed by atoms with E-state index >= 15 is 0 Å². The first kappa shape index (κ1) is 22.0. The zero-order chi connectivity index (χ0) is 22.9. The Balaban J connectivity index is 1.48. The highest BCUT2D eigenvalue weighted by Crippen LogP contribution is 2.30. The van der Waals surface area contributed by atoms with Crippen molar-refractivity contribution in [2.45, 2.75) is 38.5 Å². The lowest BCUT2D eigenvalue weighted by atomic mass is 9.93. The fourth-order valence-corrected chi connectivity index (χ4v) is 3.99. The first-order valence-corrected chi connectivity index (χ1v) is 10.3. The molecule has 2 aromatic carbocycles. The molecule has 1 aliphatic rings. The van der Waals surface area contributed by atoms with Crippen molar-refractivity contribution >= 4 is 34.4 Å². The molecule has 0 bridgehead atoms. The van der Waals surface area contributed by atoms with Gasteiger partial charge in [-0.25, -0.2) is 4.79 Å². The maximum absolute atomic E-state index is 13.2. The van der Waals surface area contributed by atoms with Crippen LogP contribution in [-0.2, 0) is 17.8 Å². The molecule has 2 heterocycles. The number of nitrogens with zero attached hydrogens (tertiary/aromatic N) is 2. The van der Waals surface area contributed by atoms with Crippen molar-refractivity contribution in [2.75, 3.05) is 0 Å². The number of nitrogens with one attached hydrogen (secondary N) is 1. The highest BCUT2D eigenvalue weighted by atomic mass is 35.5. The standard InChI is InChI=1S/C23H20ClF2N3O3/c1-23(11-10-14-4-7-16(8-5-14)32-21(25)26)20(30)29(22(31)28-23)13-17-18(24)9-6-15-3-2-12-27-19(15)17/h2-9,12,21H,10-11,13H2,1H3,(H,28,31). The molecule has 4 rings (SSSR count). The quantitative estimate of drug-likeness (QED) is 0.508. The van der Waals surface area contributed by atoms with E-state index < -0.39 is 18.2 Å². The Labute approximate surface area is 188 Å². The second kappa shape index (κ2) is 8.70. The van der Waals surface area contributed by atoms with E-state index in [1.54, 1.807) is 37.4 Å². The molecule has 0 spiro atoms. The molecule has 1 N–H and O–H groups in total. The fourth-order valence-electron chi connectivity index (χ4n) is 3.78. The minimum Gasteiger partial charge on any atom is -0.435 e. The number of urea groups is 1. The summed E-state index contributed by atoms with van der Waals surface area (Å²) in [6, 6.07) is 12.9. The number of hydrogen-bond donors (Lipinski definition) is 1. The lowest BCUT2D eigenvalue weighted by Crippen LogP contribution is -2.44. The highest BCUT2D eigenvalue weighted by molar-refractivity contribution is 6.32. The predicted molar refractivity (Wildman–Crippen MR) is 116 cm³/mol. The molecule has 1 aliphatic heterocycles. The molecule has 0 radical (unpaired) electrons. The van der Waals surface area contributed by atoms with E-state index in [0.717, 1.165) is 15.8 Å². The largest absolute Gasteiger partial charge is 0.435 e. The molecule has 1 fully saturated rings. The summed E-state index contributed by atoms with van der Waals surface area (Å²) >= 11 is 6.37. The van der Waals surface area contributed by atoms with Gasteiger partial charge in [-0.15, -0.1) is 0 Å². The molecule has 32 heavy (non-hydrogen) atoms. The molecule has 0 saturated carbocycles. The number of imide groups is 1. The lowest BCUT2D eigenvalue weighted by Gasteiger charge is -2.22. The lowest BCUT2D eigenvalue weighted by molar-refractivity contribution is -0.131. The third kappa shape index (κ3) is 4.36. The number of fused-ring (bicyclic) bond motifs is 1. The Morgan fingerprint density at radius 2 is 1.91 bits per heavy atom. The van der Waals surface area contributed by atoms with Crippen LogP contribution in [0.5, 0.6) is 5.75 Å². The predicted octanol–water partition coefficient (Wildman–Crippen LogP) is 4.93. The summed E-state index contributed by atoms with van der Waals surface area (Å²) in [7, 11) is 0. The summed E-state index contributed by atoms with van der Waals surface area (Å²) in [5.41, 5.74) is 0.974. The van der Waals surface area contributed by atoms with Gasteiger partial charge in [-0.2, -0.15) is 8.78 Å². The molecule has 3 aromatic rings. The summed E-state index contributed by atoms with van der Waals surface area (Å²) in [4.78, 5) is 31.3. The van der Waals surface area contributed by atoms with Crippen LogP contribution >= 0.6 is 11.6 Å². The minimum atomic E-state index is -2.89. The molecule has 6 nitrogen and oxygen atoms in total. The van der Waals surface area contributed by atoms with Gasteiger partial charge in [0.25, 0.3) is 5.91 Å². The zero-order valence-electron chi connectivity index (χ0n) is 17.1. The van der Waals surface area contributed by atoms with Gasteiger partial charge in [0.05, 0.1) is 12.1 Å². The van der Waals surface area contributed by atoms with Crippen LogP contribution in [0.1, 0.15) is 24.5 Å². The van der Waals surface area contributed by atoms with Gasteiger partial charge >= 0.3 is 12.6 Å². The van der Waals surface area contributed by atoms with Crippen LogP contribution in [0.4, 0.5) is 13.6 Å². The number of carbonyl (C=O) groups excluding carboxylic acids is 2. The van der Waals surface area contributed by atoms with E-state index in [-0.39, 0.29) is 18.2 Å². The number of pyridine rings is 1. The molecule has 1 saturated heterocycles. The molecule has 1 unspecified atom stereocenters. The molecule has 1 atom stereocenters. The molecule has 1 aromatic heterocycles. The van der Waals surface area contributed by atoms with Gasteiger partial charge in [-0.3, -0.25) is 14.7 Å². The number of carbonyl (C=O) groups is 2. The average molecular weight is 460 g/mol. The fraction of sp³-hybridized carbons (Fsp3) is 0.261. The minimum absolute atomic E-state index is 0.00705. The van der Waals surface area contributed by atoms with E-state index in [1.807, 2.05) is 12.1 Å². The molecule has 3 amide bonds. The van der Waals surface area contributed by atoms with Crippen molar-refractivity contribution in [3.63, 3.8) is 0 Å². The maximum Gasteiger partial charge on any atom is 0.387 e. The molecular weight excluding hydrogens is 440 g/mol. The van der Waals surface area contributed by atoms with Crippen LogP contribution in [0.15, 0.2) is 54.7 Å². The SMILES string of the molecule is CC1(CCc2ccc(OC(F)F)cc2)NC(=O)N(Cc2c(Cl)ccc3cccnc23)C1=O. The zero-order valence-corrected chi connectivity index (χ0v) is 17.9. The van der Waals surface area contributed by atoms with Crippen molar-refractivity contribution < 1.29 is 23.1 Å². The van der Waals surface area contributed by atoms with Gasteiger partial charge in [0, 0.05) is 22.2 Å². The van der Waals surface area contributed by atoms with Gasteiger partial charge in [0.2, 0.25) is 0 Å². The van der Waals surface area contributed by atoms with Crippen LogP contribution in [0.3, 0.4) is 0 Å². The summed E-state index contributed by atoms with van der Waals surface area (Å²) in [6.45, 7) is -1.21. The topological polar surface area (TPSA) is 71.5 Å². The molecule has 166 valence electrons. The van der Waals surface area contributed by atoms with Crippen molar-refractivity contribution in [2.24, 2.45) is 0 Å². The van der Waals surface area contributed by atoms with Gasteiger partial charge in [0.15, 0.2) is 0 Å². The number of amides is 3. The summed E-state index contributed by atoms with van der Waals surface area (Å²) in [5, 5.41) is 4.07. The first-order valence-electron chi connectivity index (χ1n) is 9.97. The number of halogens is 3. The van der Waals surface area contributed by atoms with Gasteiger partial charge in [-0.1, -0.05) is 35.9 Å². The van der Waals surface area contributed by atoms with E-state index in [0.29, 0.717) is 28.9 Å². The number of aryl methyl sites for hydroxylation is 1. The van der Waals surface area contributed by atoms with Crippen molar-refractivity contribution in [1.29, 1.82) is 0 Å². The van der Waals surface area contributed by atoms with Gasteiger partial charge < -0.3 is 10.1 Å². The third-order valence-electron chi connectivity index (χ3n) is 5.55. The number of hydrogen-bond acceptors (Lipinski definition) is 4. The second-order valence-electron chi connectivity index (χ2n) is 7.78. The Morgan fingerprint density at radius 3 is 2.62 bits per heavy atom. The van der Waals surface area contributed by atoms with E-state index in [4.69, 9.17) is 11.6 Å². The van der Waals surface area contributed by atoms with Crippen LogP contribution in [-0.4, -0.2) is 34.0 Å². The van der Waals surface area contributed by atoms with Crippen molar-refractivity contribution in [3.05, 3.63) is 70.9 Å². The van der Waals surface area contributed by atoms with E-state index in [2.05, 4.69) is 15.0 Å². The van der Waals surface area contributed by atoms with Crippen LogP contribution in [0, 0.1) is 0 Å².